The van der Waals surface area contributed by atoms with Crippen molar-refractivity contribution in [2.45, 2.75) is 12.1 Å². The number of pyridine rings is 1. The number of anilines is 2. The molecule has 2 aromatic heterocycles. The lowest BCUT2D eigenvalue weighted by atomic mass is 10.0. The van der Waals surface area contributed by atoms with Crippen LogP contribution >= 0.6 is 12.2 Å². The van der Waals surface area contributed by atoms with Crippen molar-refractivity contribution in [3.63, 3.8) is 0 Å². The largest absolute Gasteiger partial charge is 0.484 e. The highest BCUT2D eigenvalue weighted by atomic mass is 32.1. The Morgan fingerprint density at radius 1 is 0.953 bits per heavy atom. The fourth-order valence-electron chi connectivity index (χ4n) is 4.96. The van der Waals surface area contributed by atoms with Crippen LogP contribution in [0, 0.1) is 0 Å². The lowest BCUT2D eigenvalue weighted by molar-refractivity contribution is -0.118. The Balaban J connectivity index is 1.26. The summed E-state index contributed by atoms with van der Waals surface area (Å²) in [6, 6.07) is 31.7. The molecule has 2 unspecified atom stereocenters. The smallest absolute Gasteiger partial charge is 0.335 e. The molecule has 1 aliphatic rings. The van der Waals surface area contributed by atoms with Crippen molar-refractivity contribution in [2.24, 2.45) is 0 Å². The summed E-state index contributed by atoms with van der Waals surface area (Å²) < 4.78 is 11.9. The summed E-state index contributed by atoms with van der Waals surface area (Å²) in [7, 11) is 0. The minimum atomic E-state index is -1.01. The van der Waals surface area contributed by atoms with E-state index in [1.807, 2.05) is 65.6 Å². The van der Waals surface area contributed by atoms with Crippen LogP contribution in [0.3, 0.4) is 0 Å². The second kappa shape index (κ2) is 12.2. The molecule has 3 aromatic carbocycles. The Morgan fingerprint density at radius 2 is 1.74 bits per heavy atom. The van der Waals surface area contributed by atoms with Crippen LogP contribution in [0.5, 0.6) is 5.75 Å². The SMILES string of the molecule is O=C(COc1ccccc1)Nc1ccc(N2C(=S)NC(c3ccccn3)C2c2ccc(-c3cccc(C(=O)O)c3)o2)cc1. The van der Waals surface area contributed by atoms with E-state index in [0.717, 1.165) is 11.4 Å². The molecule has 10 heteroatoms. The third-order valence-electron chi connectivity index (χ3n) is 6.95. The van der Waals surface area contributed by atoms with Crippen LogP contribution < -0.4 is 20.3 Å². The summed E-state index contributed by atoms with van der Waals surface area (Å²) in [5, 5.41) is 16.2. The van der Waals surface area contributed by atoms with Crippen LogP contribution in [-0.4, -0.2) is 33.7 Å². The van der Waals surface area contributed by atoms with E-state index in [0.29, 0.717) is 33.6 Å². The van der Waals surface area contributed by atoms with E-state index < -0.39 is 12.0 Å². The van der Waals surface area contributed by atoms with Crippen molar-refractivity contribution in [1.82, 2.24) is 10.3 Å². The number of hydrogen-bond acceptors (Lipinski definition) is 6. The minimum Gasteiger partial charge on any atom is -0.484 e. The first-order chi connectivity index (χ1) is 21.0. The number of carboxylic acids is 1. The minimum absolute atomic E-state index is 0.115. The number of hydrogen-bond donors (Lipinski definition) is 3. The van der Waals surface area contributed by atoms with Gasteiger partial charge in [-0.15, -0.1) is 0 Å². The van der Waals surface area contributed by atoms with E-state index in [1.165, 1.54) is 6.07 Å². The predicted octanol–water partition coefficient (Wildman–Crippen LogP) is 6.23. The molecule has 43 heavy (non-hydrogen) atoms. The molecule has 0 saturated carbocycles. The number of ether oxygens (including phenoxy) is 1. The fourth-order valence-corrected chi connectivity index (χ4v) is 5.31. The summed E-state index contributed by atoms with van der Waals surface area (Å²) >= 11 is 5.80. The first-order valence-corrected chi connectivity index (χ1v) is 13.9. The van der Waals surface area contributed by atoms with E-state index in [1.54, 1.807) is 48.7 Å². The van der Waals surface area contributed by atoms with Gasteiger partial charge >= 0.3 is 5.97 Å². The predicted molar refractivity (Wildman–Crippen MR) is 166 cm³/mol. The van der Waals surface area contributed by atoms with Gasteiger partial charge < -0.3 is 29.8 Å². The van der Waals surface area contributed by atoms with Gasteiger partial charge in [-0.25, -0.2) is 4.79 Å². The normalized spacial score (nSPS) is 16.0. The molecule has 1 aliphatic heterocycles. The molecule has 214 valence electrons. The number of benzene rings is 3. The van der Waals surface area contributed by atoms with Gasteiger partial charge in [0.15, 0.2) is 11.7 Å². The lowest BCUT2D eigenvalue weighted by Crippen LogP contribution is -2.29. The number of carboxylic acid groups (broad SMARTS) is 1. The summed E-state index contributed by atoms with van der Waals surface area (Å²) in [5.41, 5.74) is 3.00. The maximum Gasteiger partial charge on any atom is 0.335 e. The third kappa shape index (κ3) is 6.09. The Hall–Kier alpha value is -5.48. The quantitative estimate of drug-likeness (QED) is 0.172. The van der Waals surface area contributed by atoms with Crippen LogP contribution in [0.25, 0.3) is 11.3 Å². The van der Waals surface area contributed by atoms with E-state index >= 15 is 0 Å². The number of nitrogens with zero attached hydrogens (tertiary/aromatic N) is 2. The average Bonchev–Trinajstić information content (AvgIpc) is 3.66. The Labute approximate surface area is 252 Å². The topological polar surface area (TPSA) is 117 Å². The van der Waals surface area contributed by atoms with E-state index in [9.17, 15) is 14.7 Å². The molecule has 1 amide bonds. The molecule has 3 heterocycles. The van der Waals surface area contributed by atoms with Gasteiger partial charge in [-0.05, 0) is 85.0 Å². The molecular formula is C33H26N4O5S. The molecule has 0 aliphatic carbocycles. The van der Waals surface area contributed by atoms with Crippen LogP contribution in [-0.2, 0) is 4.79 Å². The maximum absolute atomic E-state index is 12.5. The van der Waals surface area contributed by atoms with E-state index in [2.05, 4.69) is 15.6 Å². The number of carbonyl (C=O) groups is 2. The molecule has 1 saturated heterocycles. The number of furan rings is 1. The number of aromatic carboxylic acids is 1. The van der Waals surface area contributed by atoms with Gasteiger partial charge in [-0.2, -0.15) is 0 Å². The maximum atomic E-state index is 12.5. The first kappa shape index (κ1) is 27.7. The Kier molecular flexibility index (Phi) is 7.84. The molecule has 0 bridgehead atoms. The highest BCUT2D eigenvalue weighted by molar-refractivity contribution is 7.80. The van der Waals surface area contributed by atoms with E-state index in [4.69, 9.17) is 21.4 Å². The third-order valence-corrected chi connectivity index (χ3v) is 7.27. The van der Waals surface area contributed by atoms with Crippen LogP contribution in [0.4, 0.5) is 11.4 Å². The summed E-state index contributed by atoms with van der Waals surface area (Å²) in [6.45, 7) is -0.115. The highest BCUT2D eigenvalue weighted by Gasteiger charge is 2.42. The van der Waals surface area contributed by atoms with Gasteiger partial charge in [0.05, 0.1) is 17.3 Å². The van der Waals surface area contributed by atoms with Crippen molar-refractivity contribution >= 4 is 40.6 Å². The highest BCUT2D eigenvalue weighted by Crippen LogP contribution is 2.43. The number of amides is 1. The first-order valence-electron chi connectivity index (χ1n) is 13.5. The summed E-state index contributed by atoms with van der Waals surface area (Å²) in [4.78, 5) is 30.5. The van der Waals surface area contributed by atoms with Crippen LogP contribution in [0.2, 0.25) is 0 Å². The zero-order valence-electron chi connectivity index (χ0n) is 22.7. The fraction of sp³-hybridized carbons (Fsp3) is 0.0909. The van der Waals surface area contributed by atoms with E-state index in [-0.39, 0.29) is 24.1 Å². The van der Waals surface area contributed by atoms with Crippen LogP contribution in [0.15, 0.2) is 120 Å². The number of nitrogens with one attached hydrogen (secondary N) is 2. The number of carbonyl (C=O) groups excluding carboxylic acids is 1. The molecular weight excluding hydrogens is 564 g/mol. The number of para-hydroxylation sites is 1. The molecule has 6 rings (SSSR count). The van der Waals surface area contributed by atoms with Gasteiger partial charge in [0.25, 0.3) is 5.91 Å². The van der Waals surface area contributed by atoms with Crippen molar-refractivity contribution < 1.29 is 23.8 Å². The zero-order chi connectivity index (χ0) is 29.8. The molecule has 3 N–H and O–H groups in total. The monoisotopic (exact) mass is 590 g/mol. The van der Waals surface area contributed by atoms with Crippen molar-refractivity contribution in [1.29, 1.82) is 0 Å². The van der Waals surface area contributed by atoms with Crippen molar-refractivity contribution in [3.05, 3.63) is 132 Å². The Morgan fingerprint density at radius 3 is 2.49 bits per heavy atom. The van der Waals surface area contributed by atoms with Gasteiger partial charge in [0.2, 0.25) is 0 Å². The van der Waals surface area contributed by atoms with Gasteiger partial charge in [0.1, 0.15) is 23.3 Å². The molecule has 2 atom stereocenters. The van der Waals surface area contributed by atoms with Crippen molar-refractivity contribution in [2.75, 3.05) is 16.8 Å². The van der Waals surface area contributed by atoms with Crippen LogP contribution in [0.1, 0.15) is 33.9 Å². The zero-order valence-corrected chi connectivity index (χ0v) is 23.5. The molecule has 1 fully saturated rings. The molecule has 9 nitrogen and oxygen atoms in total. The number of thiocarbonyl (C=S) groups is 1. The molecule has 0 spiro atoms. The van der Waals surface area contributed by atoms with Gasteiger partial charge in [-0.3, -0.25) is 9.78 Å². The average molecular weight is 591 g/mol. The standard InChI is InChI=1S/C33H26N4O5S/c38-29(20-41-25-9-2-1-3-10-25)35-23-12-14-24(15-13-23)37-31(30(36-33(37)43)26-11-4-5-18-34-26)28-17-16-27(42-28)21-7-6-8-22(19-21)32(39)40/h1-19,30-31H,20H2,(H,35,38)(H,36,43)(H,39,40). The summed E-state index contributed by atoms with van der Waals surface area (Å²) in [6.07, 6.45) is 1.73. The number of aromatic nitrogens is 1. The molecule has 0 radical (unpaired) electrons. The molecule has 5 aromatic rings. The number of rotatable bonds is 9. The lowest BCUT2D eigenvalue weighted by Gasteiger charge is -2.26. The van der Waals surface area contributed by atoms with Crippen molar-refractivity contribution in [3.8, 4) is 17.1 Å². The Bertz CT molecular complexity index is 1760. The van der Waals surface area contributed by atoms with Gasteiger partial charge in [0, 0.05) is 23.1 Å². The second-order valence-corrected chi connectivity index (χ2v) is 10.2. The van der Waals surface area contributed by atoms with Gasteiger partial charge in [-0.1, -0.05) is 36.4 Å². The summed E-state index contributed by atoms with van der Waals surface area (Å²) in [5.74, 6) is 0.481. The second-order valence-electron chi connectivity index (χ2n) is 9.78.